The van der Waals surface area contributed by atoms with Gasteiger partial charge in [0, 0.05) is 30.4 Å². The van der Waals surface area contributed by atoms with Crippen LogP contribution in [-0.4, -0.2) is 45.5 Å². The number of ether oxygens (including phenoxy) is 1. The van der Waals surface area contributed by atoms with Crippen molar-refractivity contribution >= 4 is 29.0 Å². The summed E-state index contributed by atoms with van der Waals surface area (Å²) in [5.41, 5.74) is 13.8. The summed E-state index contributed by atoms with van der Waals surface area (Å²) in [5, 5.41) is 0. The van der Waals surface area contributed by atoms with Gasteiger partial charge >= 0.3 is 0 Å². The molecule has 1 saturated heterocycles. The number of nitrogens with zero attached hydrogens (tertiary/aromatic N) is 4. The van der Waals surface area contributed by atoms with Gasteiger partial charge in [-0.1, -0.05) is 0 Å². The second-order valence-corrected chi connectivity index (χ2v) is 8.67. The third-order valence-corrected chi connectivity index (χ3v) is 7.18. The number of likely N-dealkylation sites (tertiary alicyclic amines) is 1. The lowest BCUT2D eigenvalue weighted by Gasteiger charge is -2.43. The van der Waals surface area contributed by atoms with Crippen molar-refractivity contribution in [3.05, 3.63) is 52.7 Å². The molecule has 0 radical (unpaired) electrons. The van der Waals surface area contributed by atoms with Crippen LogP contribution in [0.3, 0.4) is 0 Å². The Bertz CT molecular complexity index is 1090. The average molecular weight is 423 g/mol. The second kappa shape index (κ2) is 7.33. The summed E-state index contributed by atoms with van der Waals surface area (Å²) in [5.74, 6) is 0.664. The molecular formula is C21H22N6O2S. The molecule has 9 heteroatoms. The highest BCUT2D eigenvalue weighted by Gasteiger charge is 2.43. The molecule has 3 aromatic rings. The molecule has 5 heterocycles. The molecule has 8 nitrogen and oxygen atoms in total. The lowest BCUT2D eigenvalue weighted by Crippen LogP contribution is -2.47. The molecule has 30 heavy (non-hydrogen) atoms. The van der Waals surface area contributed by atoms with Gasteiger partial charge in [-0.05, 0) is 49.1 Å². The molecule has 1 fully saturated rings. The van der Waals surface area contributed by atoms with Gasteiger partial charge in [-0.25, -0.2) is 15.0 Å². The van der Waals surface area contributed by atoms with Gasteiger partial charge in [0.25, 0.3) is 5.91 Å². The van der Waals surface area contributed by atoms with Crippen LogP contribution in [0, 0.1) is 0 Å². The van der Waals surface area contributed by atoms with Gasteiger partial charge in [0.15, 0.2) is 0 Å². The topological polar surface area (TPSA) is 120 Å². The zero-order valence-electron chi connectivity index (χ0n) is 16.4. The first-order chi connectivity index (χ1) is 14.5. The normalized spacial score (nSPS) is 17.7. The first-order valence-corrected chi connectivity index (χ1v) is 10.7. The van der Waals surface area contributed by atoms with E-state index >= 15 is 0 Å². The third kappa shape index (κ3) is 3.29. The monoisotopic (exact) mass is 422 g/mol. The van der Waals surface area contributed by atoms with E-state index in [0.717, 1.165) is 29.8 Å². The number of fused-ring (bicyclic) bond motifs is 2. The first kappa shape index (κ1) is 19.0. The summed E-state index contributed by atoms with van der Waals surface area (Å²) >= 11 is 1.71. The van der Waals surface area contributed by atoms with E-state index in [1.165, 1.54) is 16.6 Å². The van der Waals surface area contributed by atoms with E-state index in [2.05, 4.69) is 21.0 Å². The maximum Gasteiger partial charge on any atom is 0.255 e. The van der Waals surface area contributed by atoms with E-state index in [4.69, 9.17) is 16.2 Å². The minimum Gasteiger partial charge on any atom is -0.384 e. The van der Waals surface area contributed by atoms with Crippen molar-refractivity contribution in [2.24, 2.45) is 0 Å². The highest BCUT2D eigenvalue weighted by Crippen LogP contribution is 2.47. The molecule has 2 aliphatic rings. The molecule has 1 spiro atoms. The van der Waals surface area contributed by atoms with E-state index in [9.17, 15) is 4.79 Å². The largest absolute Gasteiger partial charge is 0.384 e. The summed E-state index contributed by atoms with van der Waals surface area (Å²) in [7, 11) is 0. The van der Waals surface area contributed by atoms with Crippen LogP contribution >= 0.6 is 11.3 Å². The molecule has 4 N–H and O–H groups in total. The van der Waals surface area contributed by atoms with Crippen molar-refractivity contribution in [1.82, 2.24) is 19.9 Å². The van der Waals surface area contributed by atoms with Crippen LogP contribution in [0.4, 0.5) is 11.8 Å². The van der Waals surface area contributed by atoms with Gasteiger partial charge in [0.2, 0.25) is 5.95 Å². The molecule has 0 saturated carbocycles. The number of amides is 1. The van der Waals surface area contributed by atoms with E-state index in [0.29, 0.717) is 31.1 Å². The molecule has 5 rings (SSSR count). The van der Waals surface area contributed by atoms with E-state index < -0.39 is 0 Å². The zero-order valence-corrected chi connectivity index (χ0v) is 17.2. The molecule has 2 aliphatic heterocycles. The van der Waals surface area contributed by atoms with Crippen LogP contribution in [0.2, 0.25) is 0 Å². The van der Waals surface area contributed by atoms with Crippen LogP contribution in [0.5, 0.6) is 0 Å². The highest BCUT2D eigenvalue weighted by atomic mass is 32.1. The lowest BCUT2D eigenvalue weighted by atomic mass is 9.85. The predicted octanol–water partition coefficient (Wildman–Crippen LogP) is 2.47. The Labute approximate surface area is 177 Å². The number of pyridine rings is 1. The molecule has 1 amide bonds. The summed E-state index contributed by atoms with van der Waals surface area (Å²) in [6.45, 7) is 1.96. The van der Waals surface area contributed by atoms with Crippen molar-refractivity contribution in [2.45, 2.75) is 24.9 Å². The number of carbonyl (C=O) groups is 1. The van der Waals surface area contributed by atoms with Crippen LogP contribution in [0.25, 0.3) is 10.6 Å². The van der Waals surface area contributed by atoms with E-state index in [1.54, 1.807) is 29.7 Å². The van der Waals surface area contributed by atoms with E-state index in [-0.39, 0.29) is 17.5 Å². The fraction of sp³-hybridized carbons (Fsp3) is 0.333. The number of hydrogen-bond acceptors (Lipinski definition) is 8. The Morgan fingerprint density at radius 3 is 2.73 bits per heavy atom. The highest BCUT2D eigenvalue weighted by molar-refractivity contribution is 7.15. The van der Waals surface area contributed by atoms with Gasteiger partial charge in [-0.3, -0.25) is 4.79 Å². The molecule has 0 aliphatic carbocycles. The van der Waals surface area contributed by atoms with Gasteiger partial charge in [-0.2, -0.15) is 0 Å². The average Bonchev–Trinajstić information content (AvgIpc) is 3.21. The smallest absolute Gasteiger partial charge is 0.255 e. The molecule has 0 bridgehead atoms. The maximum atomic E-state index is 12.8. The van der Waals surface area contributed by atoms with Crippen molar-refractivity contribution < 1.29 is 9.53 Å². The van der Waals surface area contributed by atoms with Gasteiger partial charge in [-0.15, -0.1) is 11.3 Å². The molecule has 3 aromatic heterocycles. The van der Waals surface area contributed by atoms with Crippen LogP contribution in [0.1, 0.15) is 33.6 Å². The molecular weight excluding hydrogens is 400 g/mol. The molecule has 0 atom stereocenters. The number of aromatic nitrogens is 3. The minimum atomic E-state index is -0.342. The van der Waals surface area contributed by atoms with Crippen LogP contribution in [0.15, 0.2) is 36.7 Å². The summed E-state index contributed by atoms with van der Waals surface area (Å²) in [6, 6.07) is 7.46. The Kier molecular flexibility index (Phi) is 4.63. The third-order valence-electron chi connectivity index (χ3n) is 5.79. The molecule has 0 unspecified atom stereocenters. The second-order valence-electron chi connectivity index (χ2n) is 7.62. The van der Waals surface area contributed by atoms with Crippen molar-refractivity contribution in [3.63, 3.8) is 0 Å². The van der Waals surface area contributed by atoms with Crippen LogP contribution < -0.4 is 11.5 Å². The number of piperidine rings is 1. The standard InChI is InChI=1S/C21H22N6O2S/c22-17-2-1-14(12-25-17)19(28)27-8-5-21(6-9-27)18-13(4-10-29-21)11-16(30-18)15-3-7-24-20(23)26-15/h1-3,7,11-12H,4-6,8-10H2,(H2,22,25)(H2,23,24,26). The van der Waals surface area contributed by atoms with Crippen molar-refractivity contribution in [2.75, 3.05) is 31.2 Å². The van der Waals surface area contributed by atoms with Gasteiger partial charge in [0.1, 0.15) is 11.4 Å². The zero-order chi connectivity index (χ0) is 20.7. The Balaban J connectivity index is 1.37. The summed E-state index contributed by atoms with van der Waals surface area (Å²) in [6.07, 6.45) is 5.63. The number of nitrogens with two attached hydrogens (primary N) is 2. The Morgan fingerprint density at radius 1 is 1.17 bits per heavy atom. The lowest BCUT2D eigenvalue weighted by molar-refractivity contribution is -0.0906. The van der Waals surface area contributed by atoms with Gasteiger partial charge < -0.3 is 21.1 Å². The number of carbonyl (C=O) groups excluding carboxylic acids is 1. The van der Waals surface area contributed by atoms with Crippen molar-refractivity contribution in [1.29, 1.82) is 0 Å². The number of nitrogen functional groups attached to an aromatic ring is 2. The molecule has 0 aromatic carbocycles. The van der Waals surface area contributed by atoms with Crippen molar-refractivity contribution in [3.8, 4) is 10.6 Å². The van der Waals surface area contributed by atoms with Crippen LogP contribution in [-0.2, 0) is 16.8 Å². The fourth-order valence-corrected chi connectivity index (χ4v) is 5.60. The molecule has 154 valence electrons. The number of thiophene rings is 1. The fourth-order valence-electron chi connectivity index (χ4n) is 4.22. The minimum absolute atomic E-state index is 0.0169. The SMILES string of the molecule is Nc1ccc(C(=O)N2CCC3(CC2)OCCc2cc(-c4ccnc(N)n4)sc23)cn1. The van der Waals surface area contributed by atoms with E-state index in [1.807, 2.05) is 11.0 Å². The predicted molar refractivity (Wildman–Crippen MR) is 115 cm³/mol. The number of anilines is 2. The first-order valence-electron chi connectivity index (χ1n) is 9.91. The number of rotatable bonds is 2. The quantitative estimate of drug-likeness (QED) is 0.651. The summed E-state index contributed by atoms with van der Waals surface area (Å²) in [4.78, 5) is 29.4. The Hall–Kier alpha value is -3.04. The number of hydrogen-bond donors (Lipinski definition) is 2. The maximum absolute atomic E-state index is 12.8. The summed E-state index contributed by atoms with van der Waals surface area (Å²) < 4.78 is 6.34. The van der Waals surface area contributed by atoms with Gasteiger partial charge in [0.05, 0.1) is 22.7 Å². The Morgan fingerprint density at radius 2 is 2.00 bits per heavy atom.